The molecule has 150 valence electrons. The van der Waals surface area contributed by atoms with E-state index in [4.69, 9.17) is 0 Å². The van der Waals surface area contributed by atoms with Gasteiger partial charge in [0, 0.05) is 29.7 Å². The molecule has 6 nitrogen and oxygen atoms in total. The Bertz CT molecular complexity index is 984. The van der Waals surface area contributed by atoms with Crippen LogP contribution < -0.4 is 5.32 Å². The minimum atomic E-state index is -0.0287. The molecule has 1 fully saturated rings. The molecule has 1 aromatic carbocycles. The topological polar surface area (TPSA) is 72.7 Å². The van der Waals surface area contributed by atoms with Gasteiger partial charge in [-0.15, -0.1) is 10.2 Å². The SMILES string of the molecule is CC[C@H](C)c1ccccc1NC(=O)CSc1nnc(-c2cccnc2)n1C1CC1. The van der Waals surface area contributed by atoms with Crippen molar-refractivity contribution in [1.82, 2.24) is 19.7 Å². The molecule has 1 atom stereocenters. The summed E-state index contributed by atoms with van der Waals surface area (Å²) in [5, 5.41) is 12.6. The Morgan fingerprint density at radius 3 is 2.79 bits per heavy atom. The van der Waals surface area contributed by atoms with Crippen LogP contribution in [0.25, 0.3) is 11.4 Å². The minimum absolute atomic E-state index is 0.0287. The van der Waals surface area contributed by atoms with Gasteiger partial charge in [0.25, 0.3) is 0 Å². The van der Waals surface area contributed by atoms with Crippen LogP contribution in [0, 0.1) is 0 Å². The lowest BCUT2D eigenvalue weighted by molar-refractivity contribution is -0.113. The Balaban J connectivity index is 1.46. The number of para-hydroxylation sites is 1. The smallest absolute Gasteiger partial charge is 0.234 e. The zero-order valence-electron chi connectivity index (χ0n) is 16.7. The zero-order valence-corrected chi connectivity index (χ0v) is 17.5. The normalized spacial score (nSPS) is 14.6. The molecule has 3 aromatic rings. The van der Waals surface area contributed by atoms with E-state index < -0.39 is 0 Å². The summed E-state index contributed by atoms with van der Waals surface area (Å²) >= 11 is 1.44. The van der Waals surface area contributed by atoms with Gasteiger partial charge in [-0.25, -0.2) is 0 Å². The molecule has 1 saturated carbocycles. The largest absolute Gasteiger partial charge is 0.325 e. The molecule has 29 heavy (non-hydrogen) atoms. The molecule has 7 heteroatoms. The number of carbonyl (C=O) groups is 1. The standard InChI is InChI=1S/C22H25N5OS/c1-3-15(2)18-8-4-5-9-19(18)24-20(28)14-29-22-26-25-21(27(22)17-10-11-17)16-7-6-12-23-13-16/h4-9,12-13,15,17H,3,10-11,14H2,1-2H3,(H,24,28)/t15-/m0/s1. The zero-order chi connectivity index (χ0) is 20.2. The predicted octanol–water partition coefficient (Wildman–Crippen LogP) is 4.92. The third kappa shape index (κ3) is 4.50. The quantitative estimate of drug-likeness (QED) is 0.537. The first-order chi connectivity index (χ1) is 14.2. The first-order valence-electron chi connectivity index (χ1n) is 10.0. The third-order valence-electron chi connectivity index (χ3n) is 5.21. The van der Waals surface area contributed by atoms with Crippen molar-refractivity contribution in [2.24, 2.45) is 0 Å². The molecule has 0 radical (unpaired) electrons. The van der Waals surface area contributed by atoms with Crippen molar-refractivity contribution in [1.29, 1.82) is 0 Å². The number of hydrogen-bond acceptors (Lipinski definition) is 5. The molecular formula is C22H25N5OS. The van der Waals surface area contributed by atoms with Crippen LogP contribution in [0.1, 0.15) is 50.6 Å². The fraction of sp³-hybridized carbons (Fsp3) is 0.364. The van der Waals surface area contributed by atoms with Crippen LogP contribution in [0.2, 0.25) is 0 Å². The van der Waals surface area contributed by atoms with Gasteiger partial charge in [0.15, 0.2) is 11.0 Å². The number of carbonyl (C=O) groups excluding carboxylic acids is 1. The fourth-order valence-electron chi connectivity index (χ4n) is 3.31. The second-order valence-electron chi connectivity index (χ2n) is 7.38. The van der Waals surface area contributed by atoms with Crippen molar-refractivity contribution >= 4 is 23.4 Å². The third-order valence-corrected chi connectivity index (χ3v) is 6.15. The van der Waals surface area contributed by atoms with Gasteiger partial charge >= 0.3 is 0 Å². The van der Waals surface area contributed by atoms with Gasteiger partial charge in [0.05, 0.1) is 5.75 Å². The number of pyridine rings is 1. The van der Waals surface area contributed by atoms with Crippen molar-refractivity contribution in [3.8, 4) is 11.4 Å². The van der Waals surface area contributed by atoms with E-state index in [0.29, 0.717) is 17.7 Å². The molecule has 0 spiro atoms. The summed E-state index contributed by atoms with van der Waals surface area (Å²) in [6.45, 7) is 4.33. The van der Waals surface area contributed by atoms with E-state index >= 15 is 0 Å². The maximum atomic E-state index is 12.6. The Kier molecular flexibility index (Phi) is 5.94. The predicted molar refractivity (Wildman–Crippen MR) is 116 cm³/mol. The van der Waals surface area contributed by atoms with Crippen LogP contribution in [-0.4, -0.2) is 31.4 Å². The summed E-state index contributed by atoms with van der Waals surface area (Å²) < 4.78 is 2.15. The maximum Gasteiger partial charge on any atom is 0.234 e. The van der Waals surface area contributed by atoms with E-state index in [9.17, 15) is 4.79 Å². The molecule has 1 amide bonds. The van der Waals surface area contributed by atoms with Gasteiger partial charge in [-0.3, -0.25) is 14.3 Å². The number of anilines is 1. The van der Waals surface area contributed by atoms with Crippen molar-refractivity contribution in [3.05, 3.63) is 54.4 Å². The molecule has 1 N–H and O–H groups in total. The molecule has 4 rings (SSSR count). The second-order valence-corrected chi connectivity index (χ2v) is 8.32. The summed E-state index contributed by atoms with van der Waals surface area (Å²) in [6.07, 6.45) is 6.82. The summed E-state index contributed by atoms with van der Waals surface area (Å²) in [6, 6.07) is 12.3. The molecule has 2 aromatic heterocycles. The van der Waals surface area contributed by atoms with Crippen LogP contribution in [0.3, 0.4) is 0 Å². The van der Waals surface area contributed by atoms with Crippen LogP contribution in [-0.2, 0) is 4.79 Å². The Morgan fingerprint density at radius 2 is 2.07 bits per heavy atom. The molecular weight excluding hydrogens is 382 g/mol. The van der Waals surface area contributed by atoms with Crippen LogP contribution in [0.5, 0.6) is 0 Å². The highest BCUT2D eigenvalue weighted by Gasteiger charge is 2.30. The average molecular weight is 408 g/mol. The Hall–Kier alpha value is -2.67. The molecule has 2 heterocycles. The first-order valence-corrected chi connectivity index (χ1v) is 11.0. The van der Waals surface area contributed by atoms with E-state index in [-0.39, 0.29) is 5.91 Å². The fourth-order valence-corrected chi connectivity index (χ4v) is 4.11. The molecule has 1 aliphatic rings. The van der Waals surface area contributed by atoms with Gasteiger partial charge in [0.1, 0.15) is 0 Å². The number of benzene rings is 1. The lowest BCUT2D eigenvalue weighted by Crippen LogP contribution is -2.16. The first kappa shape index (κ1) is 19.6. The van der Waals surface area contributed by atoms with Gasteiger partial charge in [-0.1, -0.05) is 43.8 Å². The van der Waals surface area contributed by atoms with E-state index in [1.165, 1.54) is 17.3 Å². The van der Waals surface area contributed by atoms with Crippen molar-refractivity contribution in [3.63, 3.8) is 0 Å². The van der Waals surface area contributed by atoms with Gasteiger partial charge in [-0.05, 0) is 48.9 Å². The molecule has 1 aliphatic carbocycles. The monoisotopic (exact) mass is 407 g/mol. The maximum absolute atomic E-state index is 12.6. The Morgan fingerprint density at radius 1 is 1.24 bits per heavy atom. The van der Waals surface area contributed by atoms with E-state index in [1.54, 1.807) is 12.4 Å². The van der Waals surface area contributed by atoms with Crippen LogP contribution >= 0.6 is 11.8 Å². The average Bonchev–Trinajstić information content (AvgIpc) is 3.51. The second kappa shape index (κ2) is 8.78. The number of rotatable bonds is 8. The van der Waals surface area contributed by atoms with Crippen molar-refractivity contribution < 1.29 is 4.79 Å². The summed E-state index contributed by atoms with van der Waals surface area (Å²) in [4.78, 5) is 16.8. The van der Waals surface area contributed by atoms with Crippen molar-refractivity contribution in [2.45, 2.75) is 50.2 Å². The highest BCUT2D eigenvalue weighted by molar-refractivity contribution is 7.99. The summed E-state index contributed by atoms with van der Waals surface area (Å²) in [5.41, 5.74) is 3.02. The highest BCUT2D eigenvalue weighted by Crippen LogP contribution is 2.41. The number of amides is 1. The highest BCUT2D eigenvalue weighted by atomic mass is 32.2. The summed E-state index contributed by atoms with van der Waals surface area (Å²) in [7, 11) is 0. The lowest BCUT2D eigenvalue weighted by atomic mass is 9.97. The number of hydrogen-bond donors (Lipinski definition) is 1. The van der Waals surface area contributed by atoms with Gasteiger partial charge in [-0.2, -0.15) is 0 Å². The van der Waals surface area contributed by atoms with E-state index in [0.717, 1.165) is 41.5 Å². The number of nitrogens with zero attached hydrogens (tertiary/aromatic N) is 4. The van der Waals surface area contributed by atoms with E-state index in [1.807, 2.05) is 30.3 Å². The molecule has 0 saturated heterocycles. The number of aromatic nitrogens is 4. The van der Waals surface area contributed by atoms with E-state index in [2.05, 4.69) is 45.0 Å². The summed E-state index contributed by atoms with van der Waals surface area (Å²) in [5.74, 6) is 1.50. The molecule has 0 aliphatic heterocycles. The van der Waals surface area contributed by atoms with Gasteiger partial charge in [0.2, 0.25) is 5.91 Å². The van der Waals surface area contributed by atoms with Crippen LogP contribution in [0.4, 0.5) is 5.69 Å². The van der Waals surface area contributed by atoms with Crippen LogP contribution in [0.15, 0.2) is 53.9 Å². The minimum Gasteiger partial charge on any atom is -0.325 e. The molecule has 0 unspecified atom stereocenters. The van der Waals surface area contributed by atoms with Crippen molar-refractivity contribution in [2.75, 3.05) is 11.1 Å². The van der Waals surface area contributed by atoms with Gasteiger partial charge < -0.3 is 5.32 Å². The molecule has 0 bridgehead atoms. The lowest BCUT2D eigenvalue weighted by Gasteiger charge is -2.15. The Labute approximate surface area is 175 Å². The number of thioether (sulfide) groups is 1. The number of nitrogens with one attached hydrogen (secondary N) is 1.